The monoisotopic (exact) mass is 434 g/mol. The third kappa shape index (κ3) is 5.83. The van der Waals surface area contributed by atoms with Crippen LogP contribution >= 0.6 is 36.7 Å². The first-order valence-corrected chi connectivity index (χ1v) is 9.43. The van der Waals surface area contributed by atoms with Crippen LogP contribution in [0.25, 0.3) is 0 Å². The molecule has 0 amide bonds. The number of aliphatic carboxylic acids is 3. The quantitative estimate of drug-likeness (QED) is 0.418. The molecule has 0 atom stereocenters. The Labute approximate surface area is 175 Å². The molecule has 0 saturated heterocycles. The molecule has 0 spiro atoms. The molecule has 0 radical (unpaired) electrons. The molecule has 6 nitrogen and oxygen atoms in total. The van der Waals surface area contributed by atoms with Gasteiger partial charge in [-0.25, -0.2) is 0 Å². The van der Waals surface area contributed by atoms with Crippen LogP contribution in [-0.4, -0.2) is 47.8 Å². The van der Waals surface area contributed by atoms with E-state index in [9.17, 15) is 29.7 Å². The first-order valence-electron chi connectivity index (χ1n) is 8.21. The topological polar surface area (TPSA) is 112 Å². The summed E-state index contributed by atoms with van der Waals surface area (Å²) in [6.07, 6.45) is 0.0556. The summed E-state index contributed by atoms with van der Waals surface area (Å²) in [5, 5.41) is 28.2. The number of carbonyl (C=O) groups is 3. The van der Waals surface area contributed by atoms with Gasteiger partial charge in [0, 0.05) is 20.5 Å². The Morgan fingerprint density at radius 3 is 1.15 bits per heavy atom. The summed E-state index contributed by atoms with van der Waals surface area (Å²) in [4.78, 5) is 35.1. The molecule has 27 heavy (non-hydrogen) atoms. The third-order valence-corrected chi connectivity index (χ3v) is 7.05. The van der Waals surface area contributed by atoms with Crippen LogP contribution in [0.4, 0.5) is 0 Å². The fourth-order valence-electron chi connectivity index (χ4n) is 2.07. The molecule has 0 aromatic heterocycles. The van der Waals surface area contributed by atoms with Crippen molar-refractivity contribution in [3.05, 3.63) is 0 Å². The van der Waals surface area contributed by atoms with Crippen molar-refractivity contribution in [2.24, 2.45) is 22.2 Å². The summed E-state index contributed by atoms with van der Waals surface area (Å²) in [6.45, 7) is 8.72. The van der Waals surface area contributed by atoms with Crippen LogP contribution in [0.3, 0.4) is 0 Å². The average molecular weight is 435 g/mol. The van der Waals surface area contributed by atoms with E-state index in [0.29, 0.717) is 0 Å². The van der Waals surface area contributed by atoms with Gasteiger partial charge in [0.2, 0.25) is 0 Å². The Morgan fingerprint density at radius 2 is 0.926 bits per heavy atom. The molecular formula is C18H26O6S3. The van der Waals surface area contributed by atoms with Crippen molar-refractivity contribution < 1.29 is 29.7 Å². The van der Waals surface area contributed by atoms with Gasteiger partial charge >= 0.3 is 17.9 Å². The molecule has 0 aromatic rings. The van der Waals surface area contributed by atoms with Gasteiger partial charge in [0.15, 0.2) is 0 Å². The maximum Gasteiger partial charge on any atom is 0.314 e. The van der Waals surface area contributed by atoms with Crippen LogP contribution in [0.1, 0.15) is 54.4 Å². The Kier molecular flexibility index (Phi) is 8.36. The predicted molar refractivity (Wildman–Crippen MR) is 115 cm³/mol. The highest BCUT2D eigenvalue weighted by Gasteiger charge is 2.42. The number of hydrogen-bond donors (Lipinski definition) is 3. The molecule has 0 aromatic carbocycles. The van der Waals surface area contributed by atoms with Crippen LogP contribution in [0.2, 0.25) is 0 Å². The lowest BCUT2D eigenvalue weighted by Gasteiger charge is -2.32. The van der Waals surface area contributed by atoms with Gasteiger partial charge in [-0.3, -0.25) is 14.4 Å². The van der Waals surface area contributed by atoms with Crippen molar-refractivity contribution in [3.8, 4) is 0 Å². The molecule has 0 rings (SSSR count). The number of carboxylic acid groups (broad SMARTS) is 3. The minimum absolute atomic E-state index is 0.0278. The fraction of sp³-hybridized carbons (Fsp3) is 0.667. The van der Waals surface area contributed by atoms with Gasteiger partial charge in [-0.05, 0) is 54.4 Å². The normalized spacial score (nSPS) is 12.6. The highest BCUT2D eigenvalue weighted by Crippen LogP contribution is 2.34. The van der Waals surface area contributed by atoms with Gasteiger partial charge < -0.3 is 15.3 Å². The maximum absolute atomic E-state index is 11.6. The number of carboxylic acids is 3. The molecule has 3 N–H and O–H groups in total. The van der Waals surface area contributed by atoms with Crippen molar-refractivity contribution in [2.75, 3.05) is 0 Å². The van der Waals surface area contributed by atoms with Crippen molar-refractivity contribution in [1.82, 2.24) is 0 Å². The van der Waals surface area contributed by atoms with Crippen LogP contribution in [0.5, 0.6) is 0 Å². The van der Waals surface area contributed by atoms with Gasteiger partial charge in [0.05, 0.1) is 16.2 Å². The molecule has 0 fully saturated rings. The summed E-state index contributed by atoms with van der Waals surface area (Å²) >= 11 is 16.0. The van der Waals surface area contributed by atoms with E-state index in [4.69, 9.17) is 36.7 Å². The summed E-state index contributed by atoms with van der Waals surface area (Å²) < 4.78 is 0. The minimum Gasteiger partial charge on any atom is -0.481 e. The minimum atomic E-state index is -1.38. The third-order valence-electron chi connectivity index (χ3n) is 4.85. The number of thiocarbonyl (C=S) groups is 3. The van der Waals surface area contributed by atoms with Gasteiger partial charge in [0.25, 0.3) is 0 Å². The van der Waals surface area contributed by atoms with Gasteiger partial charge in [0.1, 0.15) is 0 Å². The van der Waals surface area contributed by atoms with E-state index in [0.717, 1.165) is 0 Å². The van der Waals surface area contributed by atoms with Gasteiger partial charge in [-0.2, -0.15) is 0 Å². The molecule has 0 saturated carbocycles. The zero-order valence-electron chi connectivity index (χ0n) is 16.3. The van der Waals surface area contributed by atoms with E-state index in [2.05, 4.69) is 0 Å². The first-order chi connectivity index (χ1) is 11.9. The Bertz CT molecular complexity index is 651. The smallest absolute Gasteiger partial charge is 0.314 e. The number of hydrogen-bond acceptors (Lipinski definition) is 6. The van der Waals surface area contributed by atoms with E-state index >= 15 is 0 Å². The Hall–Kier alpha value is -1.32. The second kappa shape index (κ2) is 8.79. The molecule has 0 aliphatic rings. The molecule has 0 aliphatic heterocycles. The standard InChI is InChI=1S/C18H26O6S3/c1-16(2,13(19)20)10(25)7-9(12(27)18(5,6)15(23)24)8-11(26)17(3,4)14(21)22/h9H,7-8H2,1-6H3,(H,19,20)(H,21,22)(H,23,24). The maximum atomic E-state index is 11.6. The van der Waals surface area contributed by atoms with Crippen molar-refractivity contribution >= 4 is 69.2 Å². The zero-order chi connectivity index (χ0) is 22.0. The lowest BCUT2D eigenvalue weighted by molar-refractivity contribution is -0.144. The molecule has 0 bridgehead atoms. The molecule has 0 heterocycles. The van der Waals surface area contributed by atoms with E-state index in [-0.39, 0.29) is 27.4 Å². The summed E-state index contributed by atoms with van der Waals surface area (Å²) in [5.41, 5.74) is -4.02. The molecule has 9 heteroatoms. The largest absolute Gasteiger partial charge is 0.481 e. The fourth-order valence-corrected chi connectivity index (χ4v) is 2.90. The summed E-state index contributed by atoms with van der Waals surface area (Å²) in [5.74, 6) is -4.01. The molecular weight excluding hydrogens is 408 g/mol. The first kappa shape index (κ1) is 25.7. The summed E-state index contributed by atoms with van der Waals surface area (Å²) in [6, 6.07) is 0. The van der Waals surface area contributed by atoms with Gasteiger partial charge in [-0.1, -0.05) is 36.7 Å². The van der Waals surface area contributed by atoms with Gasteiger partial charge in [-0.15, -0.1) is 0 Å². The lowest BCUT2D eigenvalue weighted by Crippen LogP contribution is -2.42. The number of rotatable bonds is 11. The van der Waals surface area contributed by atoms with E-state index in [1.54, 1.807) is 0 Å². The molecule has 152 valence electrons. The Morgan fingerprint density at radius 1 is 0.667 bits per heavy atom. The SMILES string of the molecule is CC(C)(C(=O)O)C(=S)CC(CC(=S)C(C)(C)C(=O)O)C(=S)C(C)(C)C(=O)O. The zero-order valence-corrected chi connectivity index (χ0v) is 18.7. The second-order valence-electron chi connectivity index (χ2n) is 8.11. The van der Waals surface area contributed by atoms with E-state index in [1.165, 1.54) is 41.5 Å². The van der Waals surface area contributed by atoms with E-state index < -0.39 is 40.1 Å². The van der Waals surface area contributed by atoms with E-state index in [1.807, 2.05) is 0 Å². The highest BCUT2D eigenvalue weighted by atomic mass is 32.1. The average Bonchev–Trinajstić information content (AvgIpc) is 2.52. The Balaban J connectivity index is 5.93. The predicted octanol–water partition coefficient (Wildman–Crippen LogP) is 3.82. The van der Waals surface area contributed by atoms with Crippen molar-refractivity contribution in [1.29, 1.82) is 0 Å². The summed E-state index contributed by atoms with van der Waals surface area (Å²) in [7, 11) is 0. The van der Waals surface area contributed by atoms with Crippen LogP contribution in [-0.2, 0) is 14.4 Å². The lowest BCUT2D eigenvalue weighted by atomic mass is 9.73. The van der Waals surface area contributed by atoms with Crippen LogP contribution in [0, 0.1) is 22.2 Å². The molecule has 0 aliphatic carbocycles. The van der Waals surface area contributed by atoms with Crippen LogP contribution < -0.4 is 0 Å². The molecule has 0 unspecified atom stereocenters. The second-order valence-corrected chi connectivity index (χ2v) is 9.53. The van der Waals surface area contributed by atoms with Crippen molar-refractivity contribution in [3.63, 3.8) is 0 Å². The van der Waals surface area contributed by atoms with Crippen LogP contribution in [0.15, 0.2) is 0 Å². The highest BCUT2D eigenvalue weighted by molar-refractivity contribution is 7.81. The van der Waals surface area contributed by atoms with Crippen molar-refractivity contribution in [2.45, 2.75) is 54.4 Å².